The largest absolute Gasteiger partial charge is 0.358 e. The van der Waals surface area contributed by atoms with Crippen molar-refractivity contribution in [2.45, 2.75) is 19.8 Å². The van der Waals surface area contributed by atoms with Crippen LogP contribution in [0.2, 0.25) is 0 Å². The number of likely N-dealkylation sites (N-methyl/N-ethyl adjacent to an activating group) is 1. The molecule has 132 valence electrons. The molecule has 0 bridgehead atoms. The fourth-order valence-electron chi connectivity index (χ4n) is 3.12. The summed E-state index contributed by atoms with van der Waals surface area (Å²) in [6.07, 6.45) is 3.56. The lowest BCUT2D eigenvalue weighted by atomic mass is 9.96. The number of carbonyl (C=O) groups is 1. The second-order valence-electron chi connectivity index (χ2n) is 6.33. The maximum atomic E-state index is 11.4. The van der Waals surface area contributed by atoms with Crippen LogP contribution in [0.25, 0.3) is 0 Å². The average Bonchev–Trinajstić information content (AvgIpc) is 2.55. The topological polar surface area (TPSA) is 91.6 Å². The van der Waals surface area contributed by atoms with Crippen molar-refractivity contribution in [3.8, 4) is 0 Å². The van der Waals surface area contributed by atoms with E-state index in [0.29, 0.717) is 23.8 Å². The summed E-state index contributed by atoms with van der Waals surface area (Å²) in [5.74, 6) is 0.899. The molecule has 24 heavy (non-hydrogen) atoms. The molecule has 1 N–H and O–H groups in total. The van der Waals surface area contributed by atoms with Gasteiger partial charge in [-0.25, -0.2) is 4.98 Å². The van der Waals surface area contributed by atoms with E-state index in [0.717, 1.165) is 32.5 Å². The van der Waals surface area contributed by atoms with Crippen LogP contribution in [0.4, 0.5) is 11.5 Å². The van der Waals surface area contributed by atoms with Crippen molar-refractivity contribution in [1.29, 1.82) is 0 Å². The summed E-state index contributed by atoms with van der Waals surface area (Å²) in [5, 5.41) is 13.9. The molecule has 1 saturated heterocycles. The standard InChI is InChI=1S/C16H25N5O3/c1-12-4-7-18-16(15(12)21(23)24)19(3)10-13-5-8-20(9-6-13)11-14(22)17-2/h4,7,13H,5-6,8-11H2,1-3H3,(H,17,22). The van der Waals surface area contributed by atoms with Gasteiger partial charge in [0.1, 0.15) is 0 Å². The summed E-state index contributed by atoms with van der Waals surface area (Å²) in [6.45, 7) is 4.63. The predicted molar refractivity (Wildman–Crippen MR) is 92.1 cm³/mol. The first-order valence-corrected chi connectivity index (χ1v) is 8.16. The molecular formula is C16H25N5O3. The van der Waals surface area contributed by atoms with Crippen LogP contribution in [-0.4, -0.2) is 61.0 Å². The van der Waals surface area contributed by atoms with Gasteiger partial charge in [0, 0.05) is 32.4 Å². The van der Waals surface area contributed by atoms with Crippen LogP contribution in [0.3, 0.4) is 0 Å². The number of piperidine rings is 1. The maximum absolute atomic E-state index is 11.4. The van der Waals surface area contributed by atoms with Gasteiger partial charge in [0.05, 0.1) is 11.5 Å². The first-order chi connectivity index (χ1) is 11.4. The molecule has 2 heterocycles. The number of rotatable bonds is 6. The highest BCUT2D eigenvalue weighted by molar-refractivity contribution is 5.77. The number of hydrogen-bond donors (Lipinski definition) is 1. The number of anilines is 1. The van der Waals surface area contributed by atoms with Crippen LogP contribution in [0.1, 0.15) is 18.4 Å². The summed E-state index contributed by atoms with van der Waals surface area (Å²) in [6, 6.07) is 1.66. The van der Waals surface area contributed by atoms with Crippen LogP contribution in [0, 0.1) is 23.0 Å². The second kappa shape index (κ2) is 8.05. The zero-order chi connectivity index (χ0) is 17.7. The Morgan fingerprint density at radius 1 is 1.50 bits per heavy atom. The van der Waals surface area contributed by atoms with Crippen LogP contribution < -0.4 is 10.2 Å². The second-order valence-corrected chi connectivity index (χ2v) is 6.33. The molecule has 1 aromatic rings. The fraction of sp³-hybridized carbons (Fsp3) is 0.625. The normalized spacial score (nSPS) is 16.0. The lowest BCUT2D eigenvalue weighted by Gasteiger charge is -2.33. The number of likely N-dealkylation sites (tertiary alicyclic amines) is 1. The zero-order valence-corrected chi connectivity index (χ0v) is 14.5. The van der Waals surface area contributed by atoms with Gasteiger partial charge in [-0.3, -0.25) is 19.8 Å². The molecule has 0 aromatic carbocycles. The molecule has 1 fully saturated rings. The monoisotopic (exact) mass is 335 g/mol. The molecule has 1 amide bonds. The van der Waals surface area contributed by atoms with Crippen molar-refractivity contribution in [2.24, 2.45) is 5.92 Å². The van der Waals surface area contributed by atoms with E-state index in [1.807, 2.05) is 11.9 Å². The predicted octanol–water partition coefficient (Wildman–Crippen LogP) is 1.19. The maximum Gasteiger partial charge on any atom is 0.314 e. The smallest absolute Gasteiger partial charge is 0.314 e. The lowest BCUT2D eigenvalue weighted by Crippen LogP contribution is -2.42. The Labute approximate surface area is 142 Å². The van der Waals surface area contributed by atoms with E-state index in [9.17, 15) is 14.9 Å². The van der Waals surface area contributed by atoms with Gasteiger partial charge in [0.25, 0.3) is 0 Å². The van der Waals surface area contributed by atoms with Crippen molar-refractivity contribution in [2.75, 3.05) is 45.2 Å². The van der Waals surface area contributed by atoms with Gasteiger partial charge in [0.2, 0.25) is 11.7 Å². The van der Waals surface area contributed by atoms with Crippen LogP contribution >= 0.6 is 0 Å². The number of pyridine rings is 1. The molecule has 8 nitrogen and oxygen atoms in total. The minimum atomic E-state index is -0.361. The Morgan fingerprint density at radius 2 is 2.17 bits per heavy atom. The zero-order valence-electron chi connectivity index (χ0n) is 14.5. The minimum Gasteiger partial charge on any atom is -0.358 e. The van der Waals surface area contributed by atoms with E-state index in [1.54, 1.807) is 26.2 Å². The van der Waals surface area contributed by atoms with Crippen molar-refractivity contribution in [3.05, 3.63) is 27.9 Å². The minimum absolute atomic E-state index is 0.0325. The number of amides is 1. The van der Waals surface area contributed by atoms with Gasteiger partial charge in [-0.05, 0) is 44.8 Å². The Bertz CT molecular complexity index is 599. The average molecular weight is 335 g/mol. The summed E-state index contributed by atoms with van der Waals surface area (Å²) < 4.78 is 0. The fourth-order valence-corrected chi connectivity index (χ4v) is 3.12. The summed E-state index contributed by atoms with van der Waals surface area (Å²) in [5.41, 5.74) is 0.703. The number of hydrogen-bond acceptors (Lipinski definition) is 6. The lowest BCUT2D eigenvalue weighted by molar-refractivity contribution is -0.384. The Balaban J connectivity index is 1.95. The van der Waals surface area contributed by atoms with E-state index in [4.69, 9.17) is 0 Å². The number of nitrogens with one attached hydrogen (secondary N) is 1. The first-order valence-electron chi connectivity index (χ1n) is 8.16. The van der Waals surface area contributed by atoms with Crippen molar-refractivity contribution in [3.63, 3.8) is 0 Å². The highest BCUT2D eigenvalue weighted by atomic mass is 16.6. The number of aromatic nitrogens is 1. The summed E-state index contributed by atoms with van der Waals surface area (Å²) in [7, 11) is 3.50. The Kier molecular flexibility index (Phi) is 6.08. The van der Waals surface area contributed by atoms with Gasteiger partial charge >= 0.3 is 5.69 Å². The molecular weight excluding hydrogens is 310 g/mol. The molecule has 1 aromatic heterocycles. The van der Waals surface area contributed by atoms with Gasteiger partial charge in [-0.1, -0.05) is 0 Å². The third-order valence-electron chi connectivity index (χ3n) is 4.54. The number of carbonyl (C=O) groups excluding carboxylic acids is 1. The number of nitrogens with zero attached hydrogens (tertiary/aromatic N) is 4. The van der Waals surface area contributed by atoms with Crippen molar-refractivity contribution < 1.29 is 9.72 Å². The Morgan fingerprint density at radius 3 is 2.75 bits per heavy atom. The number of nitro groups is 1. The Hall–Kier alpha value is -2.22. The molecule has 0 atom stereocenters. The molecule has 0 spiro atoms. The molecule has 1 aliphatic heterocycles. The molecule has 8 heteroatoms. The molecule has 0 aliphatic carbocycles. The first kappa shape index (κ1) is 18.1. The van der Waals surface area contributed by atoms with E-state index >= 15 is 0 Å². The van der Waals surface area contributed by atoms with Crippen LogP contribution in [0.15, 0.2) is 12.3 Å². The van der Waals surface area contributed by atoms with E-state index < -0.39 is 0 Å². The molecule has 0 radical (unpaired) electrons. The molecule has 2 rings (SSSR count). The highest BCUT2D eigenvalue weighted by Crippen LogP contribution is 2.29. The number of aryl methyl sites for hydroxylation is 1. The van der Waals surface area contributed by atoms with Gasteiger partial charge in [-0.15, -0.1) is 0 Å². The van der Waals surface area contributed by atoms with Crippen molar-refractivity contribution in [1.82, 2.24) is 15.2 Å². The third kappa shape index (κ3) is 4.41. The summed E-state index contributed by atoms with van der Waals surface area (Å²) >= 11 is 0. The van der Waals surface area contributed by atoms with E-state index in [1.165, 1.54) is 0 Å². The van der Waals surface area contributed by atoms with Crippen molar-refractivity contribution >= 4 is 17.4 Å². The van der Waals surface area contributed by atoms with Gasteiger partial charge in [-0.2, -0.15) is 0 Å². The third-order valence-corrected chi connectivity index (χ3v) is 4.54. The molecule has 0 saturated carbocycles. The van der Waals surface area contributed by atoms with E-state index in [-0.39, 0.29) is 16.5 Å². The summed E-state index contributed by atoms with van der Waals surface area (Å²) in [4.78, 5) is 30.6. The molecule has 0 unspecified atom stereocenters. The van der Waals surface area contributed by atoms with Crippen LogP contribution in [0.5, 0.6) is 0 Å². The van der Waals surface area contributed by atoms with Crippen LogP contribution in [-0.2, 0) is 4.79 Å². The SMILES string of the molecule is CNC(=O)CN1CCC(CN(C)c2nccc(C)c2[N+](=O)[O-])CC1. The quantitative estimate of drug-likeness (QED) is 0.620. The highest BCUT2D eigenvalue weighted by Gasteiger charge is 2.26. The van der Waals surface area contributed by atoms with Gasteiger partial charge in [0.15, 0.2) is 0 Å². The molecule has 1 aliphatic rings. The van der Waals surface area contributed by atoms with E-state index in [2.05, 4.69) is 15.2 Å². The van der Waals surface area contributed by atoms with Gasteiger partial charge < -0.3 is 10.2 Å².